The number of amides is 1. The van der Waals surface area contributed by atoms with Gasteiger partial charge in [0.15, 0.2) is 0 Å². The zero-order chi connectivity index (χ0) is 13.8. The third-order valence-corrected chi connectivity index (χ3v) is 2.86. The van der Waals surface area contributed by atoms with Crippen molar-refractivity contribution in [3.63, 3.8) is 0 Å². The molecule has 0 spiro atoms. The molecule has 1 rings (SSSR count). The Bertz CT molecular complexity index is 430. The second-order valence-electron chi connectivity index (χ2n) is 4.76. The van der Waals surface area contributed by atoms with Crippen molar-refractivity contribution in [3.8, 4) is 0 Å². The molecular formula is C12H21N5O. The quantitative estimate of drug-likeness (QED) is 0.728. The molecule has 0 saturated carbocycles. The van der Waals surface area contributed by atoms with Gasteiger partial charge >= 0.3 is 0 Å². The van der Waals surface area contributed by atoms with Crippen molar-refractivity contribution in [2.45, 2.75) is 20.8 Å². The first kappa shape index (κ1) is 14.2. The summed E-state index contributed by atoms with van der Waals surface area (Å²) in [5.74, 6) is 1.52. The highest BCUT2D eigenvalue weighted by Crippen LogP contribution is 2.20. The molecule has 0 aromatic carbocycles. The van der Waals surface area contributed by atoms with E-state index in [9.17, 15) is 4.79 Å². The Kier molecular flexibility index (Phi) is 4.47. The van der Waals surface area contributed by atoms with Gasteiger partial charge in [0.1, 0.15) is 18.0 Å². The van der Waals surface area contributed by atoms with Gasteiger partial charge in [0.2, 0.25) is 5.91 Å². The fourth-order valence-electron chi connectivity index (χ4n) is 1.60. The van der Waals surface area contributed by atoms with Crippen LogP contribution in [-0.2, 0) is 4.79 Å². The second-order valence-corrected chi connectivity index (χ2v) is 4.76. The summed E-state index contributed by atoms with van der Waals surface area (Å²) in [7, 11) is 3.45. The first-order valence-electron chi connectivity index (χ1n) is 5.87. The largest absolute Gasteiger partial charge is 0.373 e. The highest BCUT2D eigenvalue weighted by Gasteiger charge is 2.26. The van der Waals surface area contributed by atoms with Crippen LogP contribution in [0.1, 0.15) is 19.4 Å². The molecule has 0 unspecified atom stereocenters. The number of carbonyl (C=O) groups is 1. The van der Waals surface area contributed by atoms with Crippen molar-refractivity contribution in [3.05, 3.63) is 11.9 Å². The van der Waals surface area contributed by atoms with Gasteiger partial charge in [-0.25, -0.2) is 9.97 Å². The lowest BCUT2D eigenvalue weighted by Gasteiger charge is -2.23. The number of hydrogen-bond donors (Lipinski definition) is 3. The Morgan fingerprint density at radius 3 is 2.44 bits per heavy atom. The molecule has 0 fully saturated rings. The zero-order valence-corrected chi connectivity index (χ0v) is 11.6. The molecule has 0 aliphatic heterocycles. The van der Waals surface area contributed by atoms with E-state index < -0.39 is 5.41 Å². The van der Waals surface area contributed by atoms with Crippen LogP contribution in [0.15, 0.2) is 6.33 Å². The molecule has 1 heterocycles. The van der Waals surface area contributed by atoms with Crippen molar-refractivity contribution in [2.75, 3.05) is 31.3 Å². The zero-order valence-electron chi connectivity index (χ0n) is 11.6. The number of anilines is 2. The van der Waals surface area contributed by atoms with Crippen molar-refractivity contribution < 1.29 is 4.79 Å². The molecule has 1 aromatic heterocycles. The standard InChI is InChI=1S/C12H21N5O/c1-8-9(13-4)16-7-17-10(8)15-6-12(2,3)11(18)14-5/h7H,6H2,1-5H3,(H,14,18)(H2,13,15,16,17). The molecule has 6 nitrogen and oxygen atoms in total. The van der Waals surface area contributed by atoms with E-state index in [1.807, 2.05) is 27.8 Å². The van der Waals surface area contributed by atoms with E-state index >= 15 is 0 Å². The first-order chi connectivity index (χ1) is 8.42. The van der Waals surface area contributed by atoms with Crippen LogP contribution in [0.2, 0.25) is 0 Å². The molecule has 0 bridgehead atoms. The minimum absolute atomic E-state index is 0.00412. The number of nitrogens with zero attached hydrogens (tertiary/aromatic N) is 2. The topological polar surface area (TPSA) is 78.9 Å². The fraction of sp³-hybridized carbons (Fsp3) is 0.583. The summed E-state index contributed by atoms with van der Waals surface area (Å²) in [5, 5.41) is 8.84. The van der Waals surface area contributed by atoms with Gasteiger partial charge in [0.05, 0.1) is 5.41 Å². The van der Waals surface area contributed by atoms with Gasteiger partial charge in [-0.2, -0.15) is 0 Å². The summed E-state index contributed by atoms with van der Waals surface area (Å²) in [6.45, 7) is 6.21. The number of nitrogens with one attached hydrogen (secondary N) is 3. The molecule has 1 amide bonds. The van der Waals surface area contributed by atoms with Crippen LogP contribution in [0.5, 0.6) is 0 Å². The third kappa shape index (κ3) is 3.09. The molecule has 0 saturated heterocycles. The van der Waals surface area contributed by atoms with Crippen LogP contribution < -0.4 is 16.0 Å². The lowest BCUT2D eigenvalue weighted by molar-refractivity contribution is -0.128. The predicted molar refractivity (Wildman–Crippen MR) is 72.7 cm³/mol. The molecule has 0 aliphatic carbocycles. The molecule has 0 atom stereocenters. The number of carbonyl (C=O) groups excluding carboxylic acids is 1. The number of aromatic nitrogens is 2. The average molecular weight is 251 g/mol. The SMILES string of the molecule is CNC(=O)C(C)(C)CNc1ncnc(NC)c1C. The van der Waals surface area contributed by atoms with Gasteiger partial charge < -0.3 is 16.0 Å². The lowest BCUT2D eigenvalue weighted by Crippen LogP contribution is -2.39. The van der Waals surface area contributed by atoms with Crippen LogP contribution in [-0.4, -0.2) is 36.5 Å². The van der Waals surface area contributed by atoms with E-state index in [2.05, 4.69) is 25.9 Å². The van der Waals surface area contributed by atoms with E-state index in [1.165, 1.54) is 6.33 Å². The van der Waals surface area contributed by atoms with E-state index in [0.29, 0.717) is 6.54 Å². The van der Waals surface area contributed by atoms with Gasteiger partial charge in [0, 0.05) is 26.2 Å². The Morgan fingerprint density at radius 1 is 1.28 bits per heavy atom. The monoisotopic (exact) mass is 251 g/mol. The number of hydrogen-bond acceptors (Lipinski definition) is 5. The fourth-order valence-corrected chi connectivity index (χ4v) is 1.60. The Hall–Kier alpha value is -1.85. The summed E-state index contributed by atoms with van der Waals surface area (Å²) < 4.78 is 0. The Labute approximate surface area is 108 Å². The molecule has 1 aromatic rings. The third-order valence-electron chi connectivity index (χ3n) is 2.86. The predicted octanol–water partition coefficient (Wildman–Crippen LogP) is 1.01. The molecular weight excluding hydrogens is 230 g/mol. The molecule has 0 radical (unpaired) electrons. The van der Waals surface area contributed by atoms with Crippen LogP contribution in [0.25, 0.3) is 0 Å². The highest BCUT2D eigenvalue weighted by atomic mass is 16.2. The van der Waals surface area contributed by atoms with E-state index in [-0.39, 0.29) is 5.91 Å². The van der Waals surface area contributed by atoms with Crippen LogP contribution in [0.3, 0.4) is 0 Å². The van der Waals surface area contributed by atoms with Crippen LogP contribution in [0, 0.1) is 12.3 Å². The first-order valence-corrected chi connectivity index (χ1v) is 5.87. The van der Waals surface area contributed by atoms with E-state index in [0.717, 1.165) is 17.2 Å². The van der Waals surface area contributed by atoms with Crippen molar-refractivity contribution in [1.29, 1.82) is 0 Å². The second kappa shape index (κ2) is 5.66. The maximum absolute atomic E-state index is 11.7. The molecule has 6 heteroatoms. The van der Waals surface area contributed by atoms with E-state index in [1.54, 1.807) is 7.05 Å². The molecule has 0 aliphatic rings. The summed E-state index contributed by atoms with van der Waals surface area (Å²) >= 11 is 0. The summed E-state index contributed by atoms with van der Waals surface area (Å²) in [5.41, 5.74) is 0.444. The number of rotatable bonds is 5. The highest BCUT2D eigenvalue weighted by molar-refractivity contribution is 5.82. The summed E-state index contributed by atoms with van der Waals surface area (Å²) in [6, 6.07) is 0. The Morgan fingerprint density at radius 2 is 1.89 bits per heavy atom. The molecule has 3 N–H and O–H groups in total. The van der Waals surface area contributed by atoms with Gasteiger partial charge in [-0.1, -0.05) is 0 Å². The van der Waals surface area contributed by atoms with Gasteiger partial charge in [-0.05, 0) is 20.8 Å². The summed E-state index contributed by atoms with van der Waals surface area (Å²) in [4.78, 5) is 20.0. The molecule has 18 heavy (non-hydrogen) atoms. The van der Waals surface area contributed by atoms with E-state index in [4.69, 9.17) is 0 Å². The maximum Gasteiger partial charge on any atom is 0.227 e. The summed E-state index contributed by atoms with van der Waals surface area (Å²) in [6.07, 6.45) is 1.49. The normalized spacial score (nSPS) is 10.9. The molecule has 100 valence electrons. The van der Waals surface area contributed by atoms with Gasteiger partial charge in [-0.15, -0.1) is 0 Å². The minimum atomic E-state index is -0.494. The minimum Gasteiger partial charge on any atom is -0.373 e. The Balaban J connectivity index is 2.78. The van der Waals surface area contributed by atoms with Crippen LogP contribution in [0.4, 0.5) is 11.6 Å². The smallest absolute Gasteiger partial charge is 0.227 e. The lowest BCUT2D eigenvalue weighted by atomic mass is 9.92. The van der Waals surface area contributed by atoms with Crippen molar-refractivity contribution in [1.82, 2.24) is 15.3 Å². The van der Waals surface area contributed by atoms with Crippen molar-refractivity contribution in [2.24, 2.45) is 5.41 Å². The van der Waals surface area contributed by atoms with Gasteiger partial charge in [0.25, 0.3) is 0 Å². The van der Waals surface area contributed by atoms with Crippen LogP contribution >= 0.6 is 0 Å². The van der Waals surface area contributed by atoms with Gasteiger partial charge in [-0.3, -0.25) is 4.79 Å². The maximum atomic E-state index is 11.7. The average Bonchev–Trinajstić information content (AvgIpc) is 2.36. The van der Waals surface area contributed by atoms with Crippen molar-refractivity contribution >= 4 is 17.5 Å².